The molecule has 0 bridgehead atoms. The maximum absolute atomic E-state index is 12.2. The lowest BCUT2D eigenvalue weighted by Gasteiger charge is -2.09. The van der Waals surface area contributed by atoms with Gasteiger partial charge < -0.3 is 14.5 Å². The molecular weight excluding hydrogens is 338 g/mol. The Balaban J connectivity index is 1.63. The van der Waals surface area contributed by atoms with Gasteiger partial charge in [-0.25, -0.2) is 0 Å². The first kappa shape index (κ1) is 17.0. The topological polar surface area (TPSA) is 77.2 Å². The summed E-state index contributed by atoms with van der Waals surface area (Å²) in [5.41, 5.74) is 1.55. The van der Waals surface area contributed by atoms with Crippen molar-refractivity contribution in [2.24, 2.45) is 0 Å². The number of carbonyl (C=O) groups excluding carboxylic acids is 1. The van der Waals surface area contributed by atoms with Gasteiger partial charge in [0.05, 0.1) is 12.4 Å². The van der Waals surface area contributed by atoms with Crippen LogP contribution in [0.5, 0.6) is 5.75 Å². The second-order valence-corrected chi connectivity index (χ2v) is 6.51. The number of carbonyl (C=O) groups is 1. The largest absolute Gasteiger partial charge is 0.497 e. The van der Waals surface area contributed by atoms with Crippen molar-refractivity contribution >= 4 is 23.4 Å². The third kappa shape index (κ3) is 4.39. The fourth-order valence-corrected chi connectivity index (χ4v) is 2.76. The molecule has 2 aromatic carbocycles. The van der Waals surface area contributed by atoms with Crippen LogP contribution in [0.25, 0.3) is 11.5 Å². The summed E-state index contributed by atoms with van der Waals surface area (Å²) in [6.45, 7) is 1.79. The van der Waals surface area contributed by atoms with Crippen LogP contribution in [0.3, 0.4) is 0 Å². The second kappa shape index (κ2) is 7.85. The standard InChI is InChI=1S/C18H17N3O3S/c1-12(16(22)19-14-6-4-3-5-7-14)25-18-21-20-17(24-18)13-8-10-15(23-2)11-9-13/h3-12H,1-2H3,(H,19,22)/t12-/m0/s1. The van der Waals surface area contributed by atoms with Crippen molar-refractivity contribution in [2.75, 3.05) is 12.4 Å². The fraction of sp³-hybridized carbons (Fsp3) is 0.167. The highest BCUT2D eigenvalue weighted by molar-refractivity contribution is 8.00. The highest BCUT2D eigenvalue weighted by atomic mass is 32.2. The maximum atomic E-state index is 12.2. The number of benzene rings is 2. The number of amides is 1. The molecule has 0 unspecified atom stereocenters. The van der Waals surface area contributed by atoms with Gasteiger partial charge in [0.1, 0.15) is 5.75 Å². The molecule has 6 nitrogen and oxygen atoms in total. The van der Waals surface area contributed by atoms with Crippen LogP contribution in [-0.2, 0) is 4.79 Å². The van der Waals surface area contributed by atoms with E-state index >= 15 is 0 Å². The zero-order valence-corrected chi connectivity index (χ0v) is 14.6. The van der Waals surface area contributed by atoms with Crippen LogP contribution in [0.1, 0.15) is 6.92 Å². The van der Waals surface area contributed by atoms with Crippen molar-refractivity contribution in [1.29, 1.82) is 0 Å². The summed E-state index contributed by atoms with van der Waals surface area (Å²) in [6, 6.07) is 16.6. The number of hydrogen-bond donors (Lipinski definition) is 1. The molecule has 25 heavy (non-hydrogen) atoms. The molecule has 1 aromatic heterocycles. The molecule has 128 valence electrons. The van der Waals surface area contributed by atoms with Gasteiger partial charge in [0.2, 0.25) is 11.8 Å². The molecular formula is C18H17N3O3S. The number of aromatic nitrogens is 2. The molecule has 0 saturated heterocycles. The fourth-order valence-electron chi connectivity index (χ4n) is 2.08. The lowest BCUT2D eigenvalue weighted by atomic mass is 10.2. The lowest BCUT2D eigenvalue weighted by molar-refractivity contribution is -0.115. The summed E-state index contributed by atoms with van der Waals surface area (Å²) in [4.78, 5) is 12.2. The van der Waals surface area contributed by atoms with Crippen LogP contribution in [0.4, 0.5) is 5.69 Å². The number of hydrogen-bond acceptors (Lipinski definition) is 6. The van der Waals surface area contributed by atoms with Crippen LogP contribution in [-0.4, -0.2) is 28.5 Å². The van der Waals surface area contributed by atoms with E-state index in [2.05, 4.69) is 15.5 Å². The maximum Gasteiger partial charge on any atom is 0.277 e. The predicted molar refractivity (Wildman–Crippen MR) is 96.7 cm³/mol. The van der Waals surface area contributed by atoms with E-state index in [1.807, 2.05) is 54.6 Å². The molecule has 0 spiro atoms. The predicted octanol–water partition coefficient (Wildman–Crippen LogP) is 3.86. The van der Waals surface area contributed by atoms with Gasteiger partial charge in [-0.3, -0.25) is 4.79 Å². The molecule has 1 amide bonds. The van der Waals surface area contributed by atoms with Crippen molar-refractivity contribution in [3.63, 3.8) is 0 Å². The molecule has 0 fully saturated rings. The van der Waals surface area contributed by atoms with Crippen molar-refractivity contribution in [3.05, 3.63) is 54.6 Å². The Morgan fingerprint density at radius 3 is 2.52 bits per heavy atom. The first-order chi connectivity index (χ1) is 12.2. The van der Waals surface area contributed by atoms with Crippen LogP contribution in [0, 0.1) is 0 Å². The van der Waals surface area contributed by atoms with E-state index in [1.165, 1.54) is 11.8 Å². The number of nitrogens with one attached hydrogen (secondary N) is 1. The molecule has 1 heterocycles. The number of ether oxygens (including phenoxy) is 1. The summed E-state index contributed by atoms with van der Waals surface area (Å²) in [7, 11) is 1.61. The van der Waals surface area contributed by atoms with Crippen LogP contribution in [0.15, 0.2) is 64.2 Å². The van der Waals surface area contributed by atoms with Crippen molar-refractivity contribution in [3.8, 4) is 17.2 Å². The Bertz CT molecular complexity index is 834. The minimum absolute atomic E-state index is 0.125. The SMILES string of the molecule is COc1ccc(-c2nnc(S[C@@H](C)C(=O)Nc3ccccc3)o2)cc1. The van der Waals surface area contributed by atoms with Gasteiger partial charge >= 0.3 is 0 Å². The summed E-state index contributed by atoms with van der Waals surface area (Å²) in [6.07, 6.45) is 0. The molecule has 1 atom stereocenters. The summed E-state index contributed by atoms with van der Waals surface area (Å²) in [5, 5.41) is 10.9. The normalized spacial score (nSPS) is 11.8. The molecule has 0 aliphatic rings. The Labute approximate surface area is 149 Å². The van der Waals surface area contributed by atoms with Crippen molar-refractivity contribution in [2.45, 2.75) is 17.4 Å². The number of thioether (sulfide) groups is 1. The molecule has 7 heteroatoms. The highest BCUT2D eigenvalue weighted by Crippen LogP contribution is 2.27. The van der Waals surface area contributed by atoms with Gasteiger partial charge in [-0.15, -0.1) is 10.2 Å². The van der Waals surface area contributed by atoms with Gasteiger partial charge in [-0.2, -0.15) is 0 Å². The molecule has 0 aliphatic heterocycles. The number of methoxy groups -OCH3 is 1. The van der Waals surface area contributed by atoms with Crippen LogP contribution >= 0.6 is 11.8 Å². The third-order valence-electron chi connectivity index (χ3n) is 3.43. The zero-order chi connectivity index (χ0) is 17.6. The molecule has 0 aliphatic carbocycles. The van der Waals surface area contributed by atoms with Crippen molar-refractivity contribution in [1.82, 2.24) is 10.2 Å². The third-order valence-corrected chi connectivity index (χ3v) is 4.37. The van der Waals surface area contributed by atoms with Gasteiger partial charge in [0, 0.05) is 11.3 Å². The first-order valence-corrected chi connectivity index (χ1v) is 8.54. The number of rotatable bonds is 6. The molecule has 3 aromatic rings. The minimum atomic E-state index is -0.371. The molecule has 1 N–H and O–H groups in total. The minimum Gasteiger partial charge on any atom is -0.497 e. The quantitative estimate of drug-likeness (QED) is 0.677. The Kier molecular flexibility index (Phi) is 5.35. The number of nitrogens with zero attached hydrogens (tertiary/aromatic N) is 2. The Hall–Kier alpha value is -2.80. The summed E-state index contributed by atoms with van der Waals surface area (Å²) < 4.78 is 10.8. The molecule has 3 rings (SSSR count). The van der Waals surface area contributed by atoms with E-state index in [0.29, 0.717) is 11.1 Å². The van der Waals surface area contributed by atoms with Crippen LogP contribution in [0.2, 0.25) is 0 Å². The van der Waals surface area contributed by atoms with E-state index < -0.39 is 0 Å². The van der Waals surface area contributed by atoms with Gasteiger partial charge in [-0.1, -0.05) is 30.0 Å². The van der Waals surface area contributed by atoms with E-state index in [-0.39, 0.29) is 11.2 Å². The van der Waals surface area contributed by atoms with Crippen LogP contribution < -0.4 is 10.1 Å². The van der Waals surface area contributed by atoms with Gasteiger partial charge in [-0.05, 0) is 43.3 Å². The average molecular weight is 355 g/mol. The van der Waals surface area contributed by atoms with E-state index in [4.69, 9.17) is 9.15 Å². The van der Waals surface area contributed by atoms with E-state index in [0.717, 1.165) is 17.0 Å². The highest BCUT2D eigenvalue weighted by Gasteiger charge is 2.19. The first-order valence-electron chi connectivity index (χ1n) is 7.66. The smallest absolute Gasteiger partial charge is 0.277 e. The van der Waals surface area contributed by atoms with Gasteiger partial charge in [0.25, 0.3) is 5.22 Å². The molecule has 0 saturated carbocycles. The Morgan fingerprint density at radius 1 is 1.12 bits per heavy atom. The lowest BCUT2D eigenvalue weighted by Crippen LogP contribution is -2.22. The summed E-state index contributed by atoms with van der Waals surface area (Å²) in [5.74, 6) is 1.03. The van der Waals surface area contributed by atoms with Crippen molar-refractivity contribution < 1.29 is 13.9 Å². The monoisotopic (exact) mass is 355 g/mol. The van der Waals surface area contributed by atoms with E-state index in [1.54, 1.807) is 14.0 Å². The zero-order valence-electron chi connectivity index (χ0n) is 13.8. The molecule has 0 radical (unpaired) electrons. The number of para-hydroxylation sites is 1. The van der Waals surface area contributed by atoms with Gasteiger partial charge in [0.15, 0.2) is 0 Å². The summed E-state index contributed by atoms with van der Waals surface area (Å²) >= 11 is 1.22. The second-order valence-electron chi connectivity index (χ2n) is 5.22. The van der Waals surface area contributed by atoms with E-state index in [9.17, 15) is 4.79 Å². The Morgan fingerprint density at radius 2 is 1.84 bits per heavy atom. The number of anilines is 1. The average Bonchev–Trinajstić information content (AvgIpc) is 3.11.